The Balaban J connectivity index is 1.47. The second-order valence-corrected chi connectivity index (χ2v) is 7.53. The van der Waals surface area contributed by atoms with Crippen molar-refractivity contribution in [3.05, 3.63) is 88.1 Å². The predicted molar refractivity (Wildman–Crippen MR) is 104 cm³/mol. The van der Waals surface area contributed by atoms with Gasteiger partial charge in [-0.3, -0.25) is 4.79 Å². The molecule has 0 bridgehead atoms. The van der Waals surface area contributed by atoms with Crippen LogP contribution in [0.25, 0.3) is 0 Å². The molecule has 3 aromatic rings. The van der Waals surface area contributed by atoms with E-state index in [1.54, 1.807) is 11.3 Å². The van der Waals surface area contributed by atoms with Crippen molar-refractivity contribution in [1.82, 2.24) is 4.90 Å². The highest BCUT2D eigenvalue weighted by Gasteiger charge is 2.32. The molecule has 0 aliphatic carbocycles. The van der Waals surface area contributed by atoms with Crippen molar-refractivity contribution in [2.24, 2.45) is 0 Å². The summed E-state index contributed by atoms with van der Waals surface area (Å²) < 4.78 is 5.93. The van der Waals surface area contributed by atoms with Gasteiger partial charge in [0.25, 0.3) is 5.91 Å². The fourth-order valence-electron chi connectivity index (χ4n) is 3.29. The number of nitrogens with zero attached hydrogens (tertiary/aromatic N) is 1. The summed E-state index contributed by atoms with van der Waals surface area (Å²) in [5, 5.41) is 2.05. The molecule has 1 aromatic heterocycles. The van der Waals surface area contributed by atoms with Crippen LogP contribution in [0.1, 0.15) is 16.0 Å². The molecule has 4 rings (SSSR count). The van der Waals surface area contributed by atoms with Gasteiger partial charge in [0, 0.05) is 17.8 Å². The summed E-state index contributed by atoms with van der Waals surface area (Å²) >= 11 is 1.69. The van der Waals surface area contributed by atoms with Crippen LogP contribution in [0.2, 0.25) is 0 Å². The zero-order valence-electron chi connectivity index (χ0n) is 14.5. The van der Waals surface area contributed by atoms with Crippen molar-refractivity contribution in [3.63, 3.8) is 0 Å². The number of carbonyl (C=O) groups excluding carboxylic acids is 1. The lowest BCUT2D eigenvalue weighted by Crippen LogP contribution is -2.41. The van der Waals surface area contributed by atoms with Crippen LogP contribution in [-0.4, -0.2) is 23.5 Å². The molecule has 0 fully saturated rings. The highest BCUT2D eigenvalue weighted by molar-refractivity contribution is 7.09. The number of amides is 1. The third-order valence-electron chi connectivity index (χ3n) is 4.67. The van der Waals surface area contributed by atoms with Gasteiger partial charge in [0.05, 0.1) is 6.54 Å². The summed E-state index contributed by atoms with van der Waals surface area (Å²) in [6.45, 7) is 1.33. The van der Waals surface area contributed by atoms with E-state index in [0.717, 1.165) is 17.7 Å². The Morgan fingerprint density at radius 2 is 1.85 bits per heavy atom. The van der Waals surface area contributed by atoms with E-state index in [4.69, 9.17) is 4.74 Å². The van der Waals surface area contributed by atoms with E-state index in [-0.39, 0.29) is 5.91 Å². The topological polar surface area (TPSA) is 29.5 Å². The van der Waals surface area contributed by atoms with Gasteiger partial charge in [-0.1, -0.05) is 54.6 Å². The lowest BCUT2D eigenvalue weighted by Gasteiger charge is -2.25. The number of hydrogen-bond acceptors (Lipinski definition) is 3. The van der Waals surface area contributed by atoms with Gasteiger partial charge >= 0.3 is 0 Å². The Bertz CT molecular complexity index is 836. The fourth-order valence-corrected chi connectivity index (χ4v) is 4.01. The molecule has 26 heavy (non-hydrogen) atoms. The van der Waals surface area contributed by atoms with Gasteiger partial charge in [0.2, 0.25) is 0 Å². The summed E-state index contributed by atoms with van der Waals surface area (Å²) in [7, 11) is 0. The van der Waals surface area contributed by atoms with Gasteiger partial charge < -0.3 is 9.64 Å². The smallest absolute Gasteiger partial charge is 0.264 e. The van der Waals surface area contributed by atoms with E-state index in [2.05, 4.69) is 23.6 Å². The lowest BCUT2D eigenvalue weighted by atomic mass is 10.1. The Hall–Kier alpha value is -2.59. The summed E-state index contributed by atoms with van der Waals surface area (Å²) in [5.41, 5.74) is 2.36. The molecule has 1 aliphatic rings. The van der Waals surface area contributed by atoms with E-state index in [1.807, 2.05) is 53.4 Å². The maximum atomic E-state index is 13.2. The van der Waals surface area contributed by atoms with Crippen LogP contribution in [0.15, 0.2) is 72.1 Å². The number of thiophene rings is 1. The molecule has 2 heterocycles. The minimum Gasteiger partial charge on any atom is -0.480 e. The Kier molecular flexibility index (Phi) is 5.02. The largest absolute Gasteiger partial charge is 0.480 e. The lowest BCUT2D eigenvalue weighted by molar-refractivity contribution is -0.138. The standard InChI is InChI=1S/C22H21NO2S/c24-22(21-15-18-9-4-5-11-20(18)25-21)23(16-19-10-6-14-26-19)13-12-17-7-2-1-3-8-17/h1-11,14,21H,12-13,15-16H2/t21-/m1/s1. The number of ether oxygens (including phenoxy) is 1. The number of benzene rings is 2. The molecule has 2 aromatic carbocycles. The molecule has 132 valence electrons. The molecule has 0 radical (unpaired) electrons. The molecule has 4 heteroatoms. The number of carbonyl (C=O) groups is 1. The first-order valence-electron chi connectivity index (χ1n) is 8.89. The highest BCUT2D eigenvalue weighted by atomic mass is 32.1. The maximum absolute atomic E-state index is 13.2. The Morgan fingerprint density at radius 3 is 2.62 bits per heavy atom. The van der Waals surface area contributed by atoms with Gasteiger partial charge in [0.1, 0.15) is 5.75 Å². The van der Waals surface area contributed by atoms with Crippen molar-refractivity contribution >= 4 is 17.2 Å². The van der Waals surface area contributed by atoms with Crippen molar-refractivity contribution in [3.8, 4) is 5.75 Å². The van der Waals surface area contributed by atoms with Crippen LogP contribution >= 0.6 is 11.3 Å². The number of hydrogen-bond donors (Lipinski definition) is 0. The quantitative estimate of drug-likeness (QED) is 0.653. The van der Waals surface area contributed by atoms with Gasteiger partial charge in [-0.2, -0.15) is 0 Å². The minimum atomic E-state index is -0.414. The number of rotatable bonds is 6. The first-order chi connectivity index (χ1) is 12.8. The van der Waals surface area contributed by atoms with E-state index >= 15 is 0 Å². The van der Waals surface area contributed by atoms with Crippen LogP contribution < -0.4 is 4.74 Å². The van der Waals surface area contributed by atoms with Crippen molar-refractivity contribution in [2.45, 2.75) is 25.5 Å². The normalized spacial score (nSPS) is 15.3. The third kappa shape index (κ3) is 3.81. The second-order valence-electron chi connectivity index (χ2n) is 6.49. The van der Waals surface area contributed by atoms with Crippen LogP contribution in [0.4, 0.5) is 0 Å². The maximum Gasteiger partial charge on any atom is 0.264 e. The van der Waals surface area contributed by atoms with E-state index in [0.29, 0.717) is 19.5 Å². The van der Waals surface area contributed by atoms with Gasteiger partial charge in [-0.15, -0.1) is 11.3 Å². The predicted octanol–water partition coefficient (Wildman–Crippen LogP) is 4.32. The molecule has 0 spiro atoms. The monoisotopic (exact) mass is 363 g/mol. The zero-order valence-corrected chi connectivity index (χ0v) is 15.3. The first-order valence-corrected chi connectivity index (χ1v) is 9.77. The van der Waals surface area contributed by atoms with Crippen LogP contribution in [0.5, 0.6) is 5.75 Å². The third-order valence-corrected chi connectivity index (χ3v) is 5.54. The summed E-state index contributed by atoms with van der Waals surface area (Å²) in [6.07, 6.45) is 1.09. The molecule has 1 atom stereocenters. The molecule has 0 N–H and O–H groups in total. The molecule has 0 unspecified atom stereocenters. The van der Waals surface area contributed by atoms with Gasteiger partial charge in [-0.25, -0.2) is 0 Å². The Labute approximate surface area is 157 Å². The minimum absolute atomic E-state index is 0.0746. The zero-order chi connectivity index (χ0) is 17.8. The van der Waals surface area contributed by atoms with E-state index in [9.17, 15) is 4.79 Å². The summed E-state index contributed by atoms with van der Waals surface area (Å²) in [5.74, 6) is 0.913. The molecular weight excluding hydrogens is 342 g/mol. The molecular formula is C22H21NO2S. The number of para-hydroxylation sites is 1. The molecule has 0 saturated heterocycles. The summed E-state index contributed by atoms with van der Waals surface area (Å²) in [4.78, 5) is 16.3. The molecule has 0 saturated carbocycles. The van der Waals surface area contributed by atoms with Crippen molar-refractivity contribution in [1.29, 1.82) is 0 Å². The van der Waals surface area contributed by atoms with E-state index < -0.39 is 6.10 Å². The molecule has 1 aliphatic heterocycles. The summed E-state index contributed by atoms with van der Waals surface area (Å²) in [6, 6.07) is 22.3. The first kappa shape index (κ1) is 16.9. The second kappa shape index (κ2) is 7.75. The van der Waals surface area contributed by atoms with Crippen LogP contribution in [-0.2, 0) is 24.2 Å². The van der Waals surface area contributed by atoms with Crippen LogP contribution in [0.3, 0.4) is 0 Å². The average molecular weight is 363 g/mol. The molecule has 1 amide bonds. The highest BCUT2D eigenvalue weighted by Crippen LogP contribution is 2.29. The van der Waals surface area contributed by atoms with E-state index in [1.165, 1.54) is 10.4 Å². The number of fused-ring (bicyclic) bond motifs is 1. The van der Waals surface area contributed by atoms with Crippen LogP contribution in [0, 0.1) is 0 Å². The van der Waals surface area contributed by atoms with Gasteiger partial charge in [0.15, 0.2) is 6.10 Å². The van der Waals surface area contributed by atoms with Crippen molar-refractivity contribution in [2.75, 3.05) is 6.54 Å². The SMILES string of the molecule is O=C([C@H]1Cc2ccccc2O1)N(CCc1ccccc1)Cc1cccs1. The van der Waals surface area contributed by atoms with Crippen molar-refractivity contribution < 1.29 is 9.53 Å². The molecule has 3 nitrogen and oxygen atoms in total. The van der Waals surface area contributed by atoms with Gasteiger partial charge in [-0.05, 0) is 35.1 Å². The Morgan fingerprint density at radius 1 is 1.04 bits per heavy atom. The fraction of sp³-hybridized carbons (Fsp3) is 0.227. The average Bonchev–Trinajstić information content (AvgIpc) is 3.34.